The molecule has 0 aliphatic heterocycles. The summed E-state index contributed by atoms with van der Waals surface area (Å²) >= 11 is 0. The number of amides is 1. The van der Waals surface area contributed by atoms with E-state index in [-0.39, 0.29) is 25.7 Å². The Kier molecular flexibility index (Phi) is 5.15. The van der Waals surface area contributed by atoms with Gasteiger partial charge in [-0.15, -0.1) is 0 Å². The van der Waals surface area contributed by atoms with Crippen LogP contribution in [-0.4, -0.2) is 36.4 Å². The van der Waals surface area contributed by atoms with Crippen LogP contribution in [0, 0.1) is 5.92 Å². The monoisotopic (exact) mass is 132 g/mol. The van der Waals surface area contributed by atoms with Gasteiger partial charge < -0.3 is 15.5 Å². The molecule has 9 heavy (non-hydrogen) atoms. The Balaban J connectivity index is 3.19. The van der Waals surface area contributed by atoms with Crippen LogP contribution in [0.3, 0.4) is 0 Å². The minimum atomic E-state index is -0.258. The third kappa shape index (κ3) is 3.93. The summed E-state index contributed by atoms with van der Waals surface area (Å²) in [4.78, 5) is 9.54. The second-order valence-corrected chi connectivity index (χ2v) is 1.71. The van der Waals surface area contributed by atoms with Crippen LogP contribution in [0.25, 0.3) is 0 Å². The van der Waals surface area contributed by atoms with Crippen LogP contribution >= 0.6 is 0 Å². The van der Waals surface area contributed by atoms with Crippen LogP contribution in [0.2, 0.25) is 0 Å². The van der Waals surface area contributed by atoms with Crippen molar-refractivity contribution in [1.82, 2.24) is 5.32 Å². The number of hydrogen-bond donors (Lipinski definition) is 3. The maximum absolute atomic E-state index is 9.54. The zero-order valence-electron chi connectivity index (χ0n) is 5.00. The third-order valence-electron chi connectivity index (χ3n) is 0.979. The molecule has 0 unspecified atom stereocenters. The van der Waals surface area contributed by atoms with E-state index in [0.717, 1.165) is 0 Å². The Morgan fingerprint density at radius 2 is 2.00 bits per heavy atom. The fourth-order valence-electron chi connectivity index (χ4n) is 0.373. The molecule has 0 aliphatic carbocycles. The molecule has 0 saturated heterocycles. The van der Waals surface area contributed by atoms with Crippen LogP contribution < -0.4 is 5.32 Å². The summed E-state index contributed by atoms with van der Waals surface area (Å²) in [6.45, 7) is 0.0346. The van der Waals surface area contributed by atoms with Gasteiger partial charge in [-0.3, -0.25) is 4.79 Å². The average molecular weight is 132 g/mol. The molecule has 0 atom stereocenters. The number of rotatable bonds is 5. The molecular formula is C5H10NO3. The van der Waals surface area contributed by atoms with E-state index in [1.165, 1.54) is 6.41 Å². The quantitative estimate of drug-likeness (QED) is 0.388. The number of aliphatic hydroxyl groups is 2. The molecule has 0 saturated carbocycles. The second-order valence-electron chi connectivity index (χ2n) is 1.71. The van der Waals surface area contributed by atoms with Crippen molar-refractivity contribution in [2.45, 2.75) is 0 Å². The minimum absolute atomic E-state index is 0.120. The molecule has 0 rings (SSSR count). The van der Waals surface area contributed by atoms with Gasteiger partial charge >= 0.3 is 6.41 Å². The summed E-state index contributed by atoms with van der Waals surface area (Å²) in [6.07, 6.45) is 1.44. The van der Waals surface area contributed by atoms with Gasteiger partial charge in [0.05, 0.1) is 0 Å². The SMILES string of the molecule is O=[C]NCC(CO)CO. The first-order chi connectivity index (χ1) is 4.35. The zero-order valence-corrected chi connectivity index (χ0v) is 5.00. The Morgan fingerprint density at radius 3 is 2.33 bits per heavy atom. The zero-order chi connectivity index (χ0) is 7.11. The molecule has 0 aliphatic rings. The van der Waals surface area contributed by atoms with Crippen molar-refractivity contribution in [2.24, 2.45) is 5.92 Å². The first-order valence-corrected chi connectivity index (χ1v) is 2.66. The molecule has 0 aromatic heterocycles. The predicted octanol–water partition coefficient (Wildman–Crippen LogP) is -1.76. The van der Waals surface area contributed by atoms with Crippen molar-refractivity contribution >= 4 is 6.41 Å². The van der Waals surface area contributed by atoms with Gasteiger partial charge in [-0.25, -0.2) is 0 Å². The highest BCUT2D eigenvalue weighted by Crippen LogP contribution is 1.87. The highest BCUT2D eigenvalue weighted by molar-refractivity contribution is 5.46. The molecule has 0 bridgehead atoms. The highest BCUT2D eigenvalue weighted by atomic mass is 16.3. The van der Waals surface area contributed by atoms with E-state index in [0.29, 0.717) is 0 Å². The minimum Gasteiger partial charge on any atom is -0.396 e. The van der Waals surface area contributed by atoms with E-state index in [1.807, 2.05) is 0 Å². The molecule has 4 heteroatoms. The molecule has 1 amide bonds. The van der Waals surface area contributed by atoms with Crippen LogP contribution in [0.1, 0.15) is 0 Å². The molecule has 0 fully saturated rings. The molecule has 4 nitrogen and oxygen atoms in total. The molecule has 0 aromatic rings. The summed E-state index contributed by atoms with van der Waals surface area (Å²) in [5, 5.41) is 19.1. The van der Waals surface area contributed by atoms with Gasteiger partial charge in [-0.2, -0.15) is 0 Å². The van der Waals surface area contributed by atoms with Gasteiger partial charge in [0.15, 0.2) is 0 Å². The molecule has 1 radical (unpaired) electrons. The molecule has 0 spiro atoms. The molecule has 3 N–H and O–H groups in total. The maximum atomic E-state index is 9.54. The lowest BCUT2D eigenvalue weighted by Crippen LogP contribution is -2.26. The topological polar surface area (TPSA) is 69.6 Å². The van der Waals surface area contributed by atoms with Crippen molar-refractivity contribution in [1.29, 1.82) is 0 Å². The smallest absolute Gasteiger partial charge is 0.309 e. The van der Waals surface area contributed by atoms with Gasteiger partial charge in [-0.05, 0) is 0 Å². The number of hydrogen-bond acceptors (Lipinski definition) is 3. The van der Waals surface area contributed by atoms with E-state index in [9.17, 15) is 4.79 Å². The van der Waals surface area contributed by atoms with E-state index < -0.39 is 0 Å². The lowest BCUT2D eigenvalue weighted by molar-refractivity contribution is 0.152. The van der Waals surface area contributed by atoms with Crippen molar-refractivity contribution in [3.05, 3.63) is 0 Å². The first kappa shape index (κ1) is 8.39. The predicted molar refractivity (Wildman–Crippen MR) is 31.4 cm³/mol. The van der Waals surface area contributed by atoms with Crippen LogP contribution in [-0.2, 0) is 4.79 Å². The Labute approximate surface area is 53.5 Å². The normalized spacial score (nSPS) is 9.67. The highest BCUT2D eigenvalue weighted by Gasteiger charge is 2.02. The van der Waals surface area contributed by atoms with E-state index in [1.54, 1.807) is 0 Å². The summed E-state index contributed by atoms with van der Waals surface area (Å²) in [6, 6.07) is 0. The first-order valence-electron chi connectivity index (χ1n) is 2.66. The fraction of sp³-hybridized carbons (Fsp3) is 0.800. The summed E-state index contributed by atoms with van der Waals surface area (Å²) in [5.74, 6) is -0.258. The summed E-state index contributed by atoms with van der Waals surface area (Å²) < 4.78 is 0. The Hall–Kier alpha value is -0.610. The average Bonchev–Trinajstić information content (AvgIpc) is 1.91. The third-order valence-corrected chi connectivity index (χ3v) is 0.979. The van der Waals surface area contributed by atoms with Gasteiger partial charge in [0.1, 0.15) is 0 Å². The number of aliphatic hydroxyl groups excluding tert-OH is 2. The summed E-state index contributed by atoms with van der Waals surface area (Å²) in [5.41, 5.74) is 0. The van der Waals surface area contributed by atoms with Gasteiger partial charge in [0.2, 0.25) is 0 Å². The van der Waals surface area contributed by atoms with Crippen LogP contribution in [0.4, 0.5) is 0 Å². The van der Waals surface area contributed by atoms with E-state index in [4.69, 9.17) is 10.2 Å². The van der Waals surface area contributed by atoms with Crippen molar-refractivity contribution in [3.63, 3.8) is 0 Å². The lowest BCUT2D eigenvalue weighted by Gasteiger charge is -2.07. The number of nitrogens with one attached hydrogen (secondary N) is 1. The Bertz CT molecular complexity index is 72.6. The standard InChI is InChI=1S/C5H10NO3/c7-2-5(3-8)1-6-4-9/h5,7-8H,1-3H2,(H,6,9). The van der Waals surface area contributed by atoms with Crippen molar-refractivity contribution in [3.8, 4) is 0 Å². The van der Waals surface area contributed by atoms with Gasteiger partial charge in [0, 0.05) is 25.7 Å². The largest absolute Gasteiger partial charge is 0.396 e. The molecular weight excluding hydrogens is 122 g/mol. The molecule has 0 heterocycles. The van der Waals surface area contributed by atoms with E-state index in [2.05, 4.69) is 5.32 Å². The Morgan fingerprint density at radius 1 is 1.44 bits per heavy atom. The van der Waals surface area contributed by atoms with Crippen molar-refractivity contribution in [2.75, 3.05) is 19.8 Å². The lowest BCUT2D eigenvalue weighted by atomic mass is 10.2. The second kappa shape index (κ2) is 5.53. The van der Waals surface area contributed by atoms with E-state index >= 15 is 0 Å². The van der Waals surface area contributed by atoms with Crippen molar-refractivity contribution < 1.29 is 15.0 Å². The molecule has 0 aromatic carbocycles. The van der Waals surface area contributed by atoms with Gasteiger partial charge in [0.25, 0.3) is 0 Å². The summed E-state index contributed by atoms with van der Waals surface area (Å²) in [7, 11) is 0. The van der Waals surface area contributed by atoms with Crippen LogP contribution in [0.15, 0.2) is 0 Å². The van der Waals surface area contributed by atoms with Gasteiger partial charge in [-0.1, -0.05) is 0 Å². The fourth-order valence-corrected chi connectivity index (χ4v) is 0.373. The molecule has 53 valence electrons. The number of carbonyl (C=O) groups excluding carboxylic acids is 1. The maximum Gasteiger partial charge on any atom is 0.309 e. The van der Waals surface area contributed by atoms with Crippen LogP contribution in [0.5, 0.6) is 0 Å².